The Balaban J connectivity index is 2.43. The molecule has 0 N–H and O–H groups in total. The summed E-state index contributed by atoms with van der Waals surface area (Å²) in [4.78, 5) is 0.302. The SMILES string of the molecule is CCC1CCC(C)N1S(=O)(=O)c1ccc(Cl)c(Br)c1. The van der Waals surface area contributed by atoms with Crippen molar-refractivity contribution in [1.82, 2.24) is 4.31 Å². The van der Waals surface area contributed by atoms with Crippen molar-refractivity contribution in [2.24, 2.45) is 0 Å². The monoisotopic (exact) mass is 365 g/mol. The van der Waals surface area contributed by atoms with E-state index >= 15 is 0 Å². The van der Waals surface area contributed by atoms with Crippen LogP contribution in [0.25, 0.3) is 0 Å². The van der Waals surface area contributed by atoms with Gasteiger partial charge in [-0.05, 0) is 60.3 Å². The Morgan fingerprint density at radius 1 is 1.42 bits per heavy atom. The summed E-state index contributed by atoms with van der Waals surface area (Å²) in [6, 6.07) is 4.93. The van der Waals surface area contributed by atoms with E-state index in [2.05, 4.69) is 15.9 Å². The second kappa shape index (κ2) is 5.72. The minimum Gasteiger partial charge on any atom is -0.207 e. The van der Waals surface area contributed by atoms with Crippen LogP contribution in [0, 0.1) is 0 Å². The van der Waals surface area contributed by atoms with E-state index in [1.165, 1.54) is 0 Å². The topological polar surface area (TPSA) is 37.4 Å². The van der Waals surface area contributed by atoms with Crippen LogP contribution in [0.3, 0.4) is 0 Å². The Hall–Kier alpha value is -0.100. The number of nitrogens with zero attached hydrogens (tertiary/aromatic N) is 1. The molecule has 0 aromatic heterocycles. The lowest BCUT2D eigenvalue weighted by atomic mass is 10.2. The molecule has 1 saturated heterocycles. The molecule has 1 heterocycles. The zero-order chi connectivity index (χ0) is 14.2. The van der Waals surface area contributed by atoms with Crippen LogP contribution >= 0.6 is 27.5 Å². The van der Waals surface area contributed by atoms with Gasteiger partial charge in [-0.15, -0.1) is 0 Å². The van der Waals surface area contributed by atoms with Crippen molar-refractivity contribution in [3.63, 3.8) is 0 Å². The highest BCUT2D eigenvalue weighted by molar-refractivity contribution is 9.10. The Morgan fingerprint density at radius 3 is 2.68 bits per heavy atom. The maximum Gasteiger partial charge on any atom is 0.243 e. The first-order valence-corrected chi connectivity index (χ1v) is 8.97. The third-order valence-electron chi connectivity index (χ3n) is 3.65. The maximum atomic E-state index is 12.7. The van der Waals surface area contributed by atoms with Crippen molar-refractivity contribution in [2.45, 2.75) is 50.1 Å². The fourth-order valence-electron chi connectivity index (χ4n) is 2.62. The van der Waals surface area contributed by atoms with Gasteiger partial charge < -0.3 is 0 Å². The van der Waals surface area contributed by atoms with E-state index in [1.54, 1.807) is 22.5 Å². The Morgan fingerprint density at radius 2 is 2.11 bits per heavy atom. The standard InChI is InChI=1S/C13H17BrClNO2S/c1-3-10-5-4-9(2)16(10)19(17,18)11-6-7-13(15)12(14)8-11/h6-10H,3-5H2,1-2H3. The highest BCUT2D eigenvalue weighted by Gasteiger charge is 2.39. The predicted octanol–water partition coefficient (Wildman–Crippen LogP) is 4.05. The highest BCUT2D eigenvalue weighted by Crippen LogP contribution is 2.34. The summed E-state index contributed by atoms with van der Waals surface area (Å²) >= 11 is 9.20. The highest BCUT2D eigenvalue weighted by atomic mass is 79.9. The molecule has 1 aromatic carbocycles. The molecule has 2 atom stereocenters. The second-order valence-electron chi connectivity index (χ2n) is 4.90. The lowest BCUT2D eigenvalue weighted by Gasteiger charge is -2.27. The molecule has 1 aliphatic rings. The molecule has 0 bridgehead atoms. The fraction of sp³-hybridized carbons (Fsp3) is 0.538. The fourth-order valence-corrected chi connectivity index (χ4v) is 5.25. The normalized spacial score (nSPS) is 24.8. The quantitative estimate of drug-likeness (QED) is 0.809. The first-order chi connectivity index (χ1) is 8.87. The van der Waals surface area contributed by atoms with Crippen LogP contribution in [0.1, 0.15) is 33.1 Å². The Labute approximate surface area is 128 Å². The number of sulfonamides is 1. The lowest BCUT2D eigenvalue weighted by Crippen LogP contribution is -2.39. The van der Waals surface area contributed by atoms with Crippen molar-refractivity contribution < 1.29 is 8.42 Å². The van der Waals surface area contributed by atoms with Gasteiger partial charge in [0.25, 0.3) is 0 Å². The van der Waals surface area contributed by atoms with Crippen molar-refractivity contribution in [3.8, 4) is 0 Å². The summed E-state index contributed by atoms with van der Waals surface area (Å²) in [6.45, 7) is 4.00. The molecule has 106 valence electrons. The molecule has 0 radical (unpaired) electrons. The minimum atomic E-state index is -3.44. The molecular weight excluding hydrogens is 350 g/mol. The molecule has 1 aliphatic heterocycles. The van der Waals surface area contributed by atoms with Gasteiger partial charge in [-0.2, -0.15) is 4.31 Å². The first kappa shape index (κ1) is 15.3. The number of benzene rings is 1. The van der Waals surface area contributed by atoms with Gasteiger partial charge in [-0.1, -0.05) is 18.5 Å². The second-order valence-corrected chi connectivity index (χ2v) is 8.00. The summed E-state index contributed by atoms with van der Waals surface area (Å²) in [5.74, 6) is 0. The van der Waals surface area contributed by atoms with E-state index < -0.39 is 10.0 Å². The Bertz CT molecular complexity index is 576. The van der Waals surface area contributed by atoms with Gasteiger partial charge in [-0.3, -0.25) is 0 Å². The molecule has 19 heavy (non-hydrogen) atoms. The maximum absolute atomic E-state index is 12.7. The van der Waals surface area contributed by atoms with Crippen molar-refractivity contribution in [3.05, 3.63) is 27.7 Å². The minimum absolute atomic E-state index is 0.0596. The van der Waals surface area contributed by atoms with E-state index in [0.717, 1.165) is 19.3 Å². The predicted molar refractivity (Wildman–Crippen MR) is 81.0 cm³/mol. The summed E-state index contributed by atoms with van der Waals surface area (Å²) < 4.78 is 27.7. The summed E-state index contributed by atoms with van der Waals surface area (Å²) in [5.41, 5.74) is 0. The van der Waals surface area contributed by atoms with Crippen LogP contribution in [0.15, 0.2) is 27.6 Å². The molecule has 2 unspecified atom stereocenters. The number of hydrogen-bond acceptors (Lipinski definition) is 2. The van der Waals surface area contributed by atoms with Crippen LogP contribution in [-0.2, 0) is 10.0 Å². The summed E-state index contributed by atoms with van der Waals surface area (Å²) in [6.07, 6.45) is 2.70. The third kappa shape index (κ3) is 2.84. The van der Waals surface area contributed by atoms with Crippen LogP contribution in [0.2, 0.25) is 5.02 Å². The third-order valence-corrected chi connectivity index (χ3v) is 6.93. The average molecular weight is 367 g/mol. The molecule has 0 spiro atoms. The van der Waals surface area contributed by atoms with Crippen LogP contribution in [0.5, 0.6) is 0 Å². The lowest BCUT2D eigenvalue weighted by molar-refractivity contribution is 0.328. The Kier molecular flexibility index (Phi) is 4.60. The van der Waals surface area contributed by atoms with Gasteiger partial charge in [0.1, 0.15) is 0 Å². The molecule has 1 fully saturated rings. The van der Waals surface area contributed by atoms with Gasteiger partial charge in [-0.25, -0.2) is 8.42 Å². The molecule has 1 aromatic rings. The zero-order valence-electron chi connectivity index (χ0n) is 10.9. The largest absolute Gasteiger partial charge is 0.243 e. The van der Waals surface area contributed by atoms with Gasteiger partial charge >= 0.3 is 0 Å². The average Bonchev–Trinajstić information content (AvgIpc) is 2.74. The van der Waals surface area contributed by atoms with Gasteiger partial charge in [0.05, 0.1) is 9.92 Å². The van der Waals surface area contributed by atoms with Gasteiger partial charge in [0.15, 0.2) is 0 Å². The molecule has 0 amide bonds. The van der Waals surface area contributed by atoms with Gasteiger partial charge in [0.2, 0.25) is 10.0 Å². The van der Waals surface area contributed by atoms with Crippen LogP contribution < -0.4 is 0 Å². The summed E-state index contributed by atoms with van der Waals surface area (Å²) in [5, 5.41) is 0.514. The van der Waals surface area contributed by atoms with E-state index in [9.17, 15) is 8.42 Å². The van der Waals surface area contributed by atoms with E-state index in [4.69, 9.17) is 11.6 Å². The van der Waals surface area contributed by atoms with Gasteiger partial charge in [0, 0.05) is 16.6 Å². The number of rotatable bonds is 3. The van der Waals surface area contributed by atoms with E-state index in [1.807, 2.05) is 13.8 Å². The molecular formula is C13H17BrClNO2S. The van der Waals surface area contributed by atoms with Crippen molar-refractivity contribution in [1.29, 1.82) is 0 Å². The molecule has 2 rings (SSSR count). The van der Waals surface area contributed by atoms with Crippen LogP contribution in [-0.4, -0.2) is 24.8 Å². The number of halogens is 2. The van der Waals surface area contributed by atoms with Crippen molar-refractivity contribution >= 4 is 37.6 Å². The number of hydrogen-bond donors (Lipinski definition) is 0. The van der Waals surface area contributed by atoms with E-state index in [-0.39, 0.29) is 12.1 Å². The first-order valence-electron chi connectivity index (χ1n) is 6.36. The molecule has 0 saturated carbocycles. The molecule has 0 aliphatic carbocycles. The smallest absolute Gasteiger partial charge is 0.207 e. The molecule has 3 nitrogen and oxygen atoms in total. The zero-order valence-corrected chi connectivity index (χ0v) is 14.1. The molecule has 6 heteroatoms. The van der Waals surface area contributed by atoms with Crippen LogP contribution in [0.4, 0.5) is 0 Å². The summed E-state index contributed by atoms with van der Waals surface area (Å²) in [7, 11) is -3.44. The van der Waals surface area contributed by atoms with E-state index in [0.29, 0.717) is 14.4 Å². The van der Waals surface area contributed by atoms with Crippen molar-refractivity contribution in [2.75, 3.05) is 0 Å².